The van der Waals surface area contributed by atoms with Gasteiger partial charge in [0, 0.05) is 33.6 Å². The molecule has 0 saturated heterocycles. The molecule has 0 N–H and O–H groups in total. The molecule has 0 fully saturated rings. The van der Waals surface area contributed by atoms with Gasteiger partial charge in [0.05, 0.1) is 22.7 Å². The molecule has 4 heteroatoms. The van der Waals surface area contributed by atoms with Crippen molar-refractivity contribution in [3.63, 3.8) is 0 Å². The lowest BCUT2D eigenvalue weighted by Crippen LogP contribution is -2.51. The average molecular weight is 336 g/mol. The van der Waals surface area contributed by atoms with Gasteiger partial charge in [0.2, 0.25) is 0 Å². The summed E-state index contributed by atoms with van der Waals surface area (Å²) in [6, 6.07) is 17.9. The summed E-state index contributed by atoms with van der Waals surface area (Å²) in [7, 11) is 6.66. The molecule has 0 radical (unpaired) electrons. The summed E-state index contributed by atoms with van der Waals surface area (Å²) in [6.45, 7) is 4.58. The summed E-state index contributed by atoms with van der Waals surface area (Å²) in [5.74, 6) is 0. The van der Waals surface area contributed by atoms with Crippen molar-refractivity contribution < 1.29 is 0 Å². The molecule has 0 amide bonds. The van der Waals surface area contributed by atoms with Crippen LogP contribution in [0, 0.1) is 0 Å². The minimum Gasteiger partial charge on any atom is -0.352 e. The van der Waals surface area contributed by atoms with E-state index in [1.807, 2.05) is 0 Å². The number of hydrogen-bond donors (Lipinski definition) is 0. The molecule has 2 aromatic rings. The van der Waals surface area contributed by atoms with Gasteiger partial charge in [0.15, 0.2) is 0 Å². The van der Waals surface area contributed by atoms with Crippen molar-refractivity contribution in [1.82, 2.24) is 0 Å². The Morgan fingerprint density at radius 2 is 1.08 bits per heavy atom. The predicted octanol–water partition coefficient (Wildman–Crippen LogP) is 3.98. The number of benzene rings is 2. The molecule has 0 aliphatic carbocycles. The summed E-state index contributed by atoms with van der Waals surface area (Å²) >= 11 is 0. The highest BCUT2D eigenvalue weighted by molar-refractivity contribution is 5.79. The Kier molecular flexibility index (Phi) is 3.78. The maximum Gasteiger partial charge on any atom is 0.105 e. The van der Waals surface area contributed by atoms with Gasteiger partial charge in [-0.15, -0.1) is 0 Å². The first kappa shape index (κ1) is 16.1. The third-order valence-corrected chi connectivity index (χ3v) is 5.82. The lowest BCUT2D eigenvalue weighted by atomic mass is 10.2. The fraction of sp³-hybridized carbons (Fsp3) is 0.429. The number of nitrogens with zero attached hydrogens (tertiary/aromatic N) is 4. The summed E-state index contributed by atoms with van der Waals surface area (Å²) in [4.78, 5) is 9.86. The highest BCUT2D eigenvalue weighted by Gasteiger charge is 2.40. The Balaban J connectivity index is 1.65. The van der Waals surface area contributed by atoms with Crippen LogP contribution in [-0.4, -0.2) is 39.5 Å². The van der Waals surface area contributed by atoms with Gasteiger partial charge in [0.1, 0.15) is 12.3 Å². The van der Waals surface area contributed by atoms with Crippen LogP contribution in [0.4, 0.5) is 22.7 Å². The van der Waals surface area contributed by atoms with Crippen molar-refractivity contribution in [3.8, 4) is 0 Å². The van der Waals surface area contributed by atoms with Crippen LogP contribution in [0.25, 0.3) is 0 Å². The first-order chi connectivity index (χ1) is 12.0. The van der Waals surface area contributed by atoms with Gasteiger partial charge in [-0.05, 0) is 38.1 Å². The number of para-hydroxylation sites is 4. The largest absolute Gasteiger partial charge is 0.352 e. The average Bonchev–Trinajstić information content (AvgIpc) is 3.03. The maximum absolute atomic E-state index is 2.57. The first-order valence-electron chi connectivity index (χ1n) is 9.15. The van der Waals surface area contributed by atoms with Crippen LogP contribution >= 0.6 is 0 Å². The zero-order chi connectivity index (χ0) is 17.7. The van der Waals surface area contributed by atoms with Gasteiger partial charge >= 0.3 is 0 Å². The molecule has 2 aromatic carbocycles. The fourth-order valence-electron chi connectivity index (χ4n) is 4.53. The van der Waals surface area contributed by atoms with Crippen LogP contribution in [-0.2, 0) is 0 Å². The van der Waals surface area contributed by atoms with Crippen LogP contribution in [0.2, 0.25) is 0 Å². The second-order valence-electron chi connectivity index (χ2n) is 7.51. The molecule has 2 aliphatic heterocycles. The van der Waals surface area contributed by atoms with Crippen LogP contribution in [0.3, 0.4) is 0 Å². The van der Waals surface area contributed by atoms with Crippen LogP contribution < -0.4 is 19.6 Å². The van der Waals surface area contributed by atoms with E-state index in [4.69, 9.17) is 0 Å². The number of hydrogen-bond acceptors (Lipinski definition) is 4. The van der Waals surface area contributed by atoms with Gasteiger partial charge in [-0.25, -0.2) is 0 Å². The van der Waals surface area contributed by atoms with Crippen molar-refractivity contribution >= 4 is 22.7 Å². The monoisotopic (exact) mass is 336 g/mol. The summed E-state index contributed by atoms with van der Waals surface area (Å²) < 4.78 is 0. The van der Waals surface area contributed by atoms with E-state index in [9.17, 15) is 0 Å². The zero-order valence-corrected chi connectivity index (χ0v) is 15.8. The third kappa shape index (κ3) is 2.35. The summed E-state index contributed by atoms with van der Waals surface area (Å²) in [5.41, 5.74) is 5.33. The van der Waals surface area contributed by atoms with Crippen molar-refractivity contribution in [2.75, 3.05) is 40.7 Å². The molecule has 0 saturated carbocycles. The van der Waals surface area contributed by atoms with Crippen molar-refractivity contribution in [2.24, 2.45) is 0 Å². The highest BCUT2D eigenvalue weighted by Crippen LogP contribution is 2.44. The van der Waals surface area contributed by atoms with Crippen molar-refractivity contribution in [3.05, 3.63) is 48.5 Å². The third-order valence-electron chi connectivity index (χ3n) is 5.82. The van der Waals surface area contributed by atoms with Crippen LogP contribution in [0.1, 0.15) is 20.3 Å². The second kappa shape index (κ2) is 5.87. The number of rotatable bonds is 3. The fourth-order valence-corrected chi connectivity index (χ4v) is 4.53. The molecule has 0 spiro atoms. The Morgan fingerprint density at radius 1 is 0.680 bits per heavy atom. The lowest BCUT2D eigenvalue weighted by molar-refractivity contribution is 0.470. The van der Waals surface area contributed by atoms with Crippen LogP contribution in [0.15, 0.2) is 48.5 Å². The van der Waals surface area contributed by atoms with E-state index in [1.54, 1.807) is 0 Å². The number of fused-ring (bicyclic) bond motifs is 2. The van der Waals surface area contributed by atoms with Crippen LogP contribution in [0.5, 0.6) is 0 Å². The quantitative estimate of drug-likeness (QED) is 0.840. The van der Waals surface area contributed by atoms with E-state index in [1.165, 1.54) is 22.7 Å². The lowest BCUT2D eigenvalue weighted by Gasteiger charge is -2.38. The molecule has 132 valence electrons. The minimum atomic E-state index is 0.361. The molecular formula is C21H28N4. The van der Waals surface area contributed by atoms with Gasteiger partial charge in [-0.2, -0.15) is 0 Å². The van der Waals surface area contributed by atoms with Crippen molar-refractivity contribution in [2.45, 2.75) is 38.6 Å². The normalized spacial score (nSPS) is 19.8. The zero-order valence-electron chi connectivity index (χ0n) is 15.8. The topological polar surface area (TPSA) is 13.0 Å². The standard InChI is InChI=1S/C21H28N4/c1-15(2)25-19-13-9-8-12-18(19)24(5)21(25)14-20-22(3)16-10-6-7-11-17(16)23(20)4/h6-13,15,20-21H,14H2,1-5H3. The summed E-state index contributed by atoms with van der Waals surface area (Å²) in [6.07, 6.45) is 1.78. The SMILES string of the molecule is CC(C)N1c2ccccc2N(C)C1CC1N(C)c2ccccc2N1C. The van der Waals surface area contributed by atoms with E-state index in [2.05, 4.69) is 103 Å². The van der Waals surface area contributed by atoms with E-state index in [-0.39, 0.29) is 0 Å². The molecule has 0 aromatic heterocycles. The van der Waals surface area contributed by atoms with E-state index < -0.39 is 0 Å². The molecule has 0 bridgehead atoms. The minimum absolute atomic E-state index is 0.361. The van der Waals surface area contributed by atoms with Gasteiger partial charge in [-0.3, -0.25) is 0 Å². The Labute approximate surface area is 151 Å². The van der Waals surface area contributed by atoms with E-state index >= 15 is 0 Å². The molecule has 2 heterocycles. The van der Waals surface area contributed by atoms with Gasteiger partial charge in [0.25, 0.3) is 0 Å². The smallest absolute Gasteiger partial charge is 0.105 e. The molecule has 2 aliphatic rings. The molecule has 4 rings (SSSR count). The molecule has 25 heavy (non-hydrogen) atoms. The van der Waals surface area contributed by atoms with E-state index in [0.717, 1.165) is 6.42 Å². The van der Waals surface area contributed by atoms with Gasteiger partial charge in [-0.1, -0.05) is 24.3 Å². The molecule has 1 atom stereocenters. The second-order valence-corrected chi connectivity index (χ2v) is 7.51. The maximum atomic E-state index is 2.57. The molecule has 1 unspecified atom stereocenters. The molecular weight excluding hydrogens is 308 g/mol. The Morgan fingerprint density at radius 3 is 1.56 bits per heavy atom. The predicted molar refractivity (Wildman–Crippen MR) is 108 cm³/mol. The molecule has 4 nitrogen and oxygen atoms in total. The Bertz CT molecular complexity index is 743. The summed E-state index contributed by atoms with van der Waals surface area (Å²) in [5, 5.41) is 0. The van der Waals surface area contributed by atoms with Crippen molar-refractivity contribution in [1.29, 1.82) is 0 Å². The highest BCUT2D eigenvalue weighted by atomic mass is 15.4. The van der Waals surface area contributed by atoms with E-state index in [0.29, 0.717) is 18.4 Å². The Hall–Kier alpha value is -2.36. The van der Waals surface area contributed by atoms with Gasteiger partial charge < -0.3 is 19.6 Å². The number of anilines is 4. The first-order valence-corrected chi connectivity index (χ1v) is 9.15.